The SMILES string of the molecule is CON=C(C)[C@H](C)[C@@H](OC(=O)N(C)C)C(C)(C)O. The van der Waals surface area contributed by atoms with E-state index < -0.39 is 17.8 Å². The lowest BCUT2D eigenvalue weighted by Crippen LogP contribution is -2.47. The molecule has 18 heavy (non-hydrogen) atoms. The van der Waals surface area contributed by atoms with Gasteiger partial charge in [-0.15, -0.1) is 0 Å². The van der Waals surface area contributed by atoms with Crippen LogP contribution in [-0.4, -0.2) is 54.7 Å². The molecule has 0 aromatic rings. The van der Waals surface area contributed by atoms with E-state index in [9.17, 15) is 9.90 Å². The molecule has 0 heterocycles. The second kappa shape index (κ2) is 6.58. The lowest BCUT2D eigenvalue weighted by atomic mass is 9.88. The van der Waals surface area contributed by atoms with Crippen LogP contribution in [0.25, 0.3) is 0 Å². The Bertz CT molecular complexity index is 308. The fourth-order valence-electron chi connectivity index (χ4n) is 1.52. The average molecular weight is 260 g/mol. The Morgan fingerprint density at radius 2 is 1.89 bits per heavy atom. The van der Waals surface area contributed by atoms with Crippen molar-refractivity contribution in [1.82, 2.24) is 4.90 Å². The molecule has 0 fully saturated rings. The summed E-state index contributed by atoms with van der Waals surface area (Å²) in [5.74, 6) is -0.256. The molecule has 6 nitrogen and oxygen atoms in total. The fourth-order valence-corrected chi connectivity index (χ4v) is 1.52. The monoisotopic (exact) mass is 260 g/mol. The fraction of sp³-hybridized carbons (Fsp3) is 0.833. The van der Waals surface area contributed by atoms with Gasteiger partial charge in [0.25, 0.3) is 0 Å². The number of hydrogen-bond acceptors (Lipinski definition) is 5. The summed E-state index contributed by atoms with van der Waals surface area (Å²) in [6.45, 7) is 6.77. The largest absolute Gasteiger partial charge is 0.442 e. The quantitative estimate of drug-likeness (QED) is 0.600. The number of nitrogens with zero attached hydrogens (tertiary/aromatic N) is 2. The van der Waals surface area contributed by atoms with Crippen molar-refractivity contribution in [2.24, 2.45) is 11.1 Å². The summed E-state index contributed by atoms with van der Waals surface area (Å²) in [4.78, 5) is 17.6. The number of amides is 1. The molecule has 0 spiro atoms. The first-order valence-corrected chi connectivity index (χ1v) is 5.79. The maximum Gasteiger partial charge on any atom is 0.409 e. The number of ether oxygens (including phenoxy) is 1. The Morgan fingerprint density at radius 3 is 2.22 bits per heavy atom. The molecule has 1 N–H and O–H groups in total. The highest BCUT2D eigenvalue weighted by Gasteiger charge is 2.37. The van der Waals surface area contributed by atoms with Crippen molar-refractivity contribution < 1.29 is 19.5 Å². The minimum atomic E-state index is -1.17. The number of carbonyl (C=O) groups is 1. The number of hydrogen-bond donors (Lipinski definition) is 1. The summed E-state index contributed by atoms with van der Waals surface area (Å²) in [5.41, 5.74) is -0.522. The van der Waals surface area contributed by atoms with Crippen LogP contribution in [-0.2, 0) is 9.57 Å². The Kier molecular flexibility index (Phi) is 6.11. The van der Waals surface area contributed by atoms with Crippen molar-refractivity contribution in [3.63, 3.8) is 0 Å². The van der Waals surface area contributed by atoms with E-state index in [-0.39, 0.29) is 5.92 Å². The van der Waals surface area contributed by atoms with Crippen LogP contribution in [0.4, 0.5) is 4.79 Å². The molecule has 0 saturated carbocycles. The van der Waals surface area contributed by atoms with Crippen molar-refractivity contribution in [3.05, 3.63) is 0 Å². The molecule has 0 aliphatic rings. The van der Waals surface area contributed by atoms with E-state index in [0.29, 0.717) is 5.71 Å². The maximum absolute atomic E-state index is 11.6. The van der Waals surface area contributed by atoms with Gasteiger partial charge in [0.15, 0.2) is 0 Å². The van der Waals surface area contributed by atoms with Gasteiger partial charge < -0.3 is 19.6 Å². The average Bonchev–Trinajstić information content (AvgIpc) is 2.23. The predicted octanol–water partition coefficient (Wildman–Crippen LogP) is 1.48. The Morgan fingerprint density at radius 1 is 1.39 bits per heavy atom. The normalized spacial score (nSPS) is 15.9. The molecule has 0 aromatic carbocycles. The first kappa shape index (κ1) is 16.7. The van der Waals surface area contributed by atoms with Crippen molar-refractivity contribution >= 4 is 11.8 Å². The molecule has 0 radical (unpaired) electrons. The van der Waals surface area contributed by atoms with Crippen LogP contribution in [0.3, 0.4) is 0 Å². The van der Waals surface area contributed by atoms with E-state index in [1.54, 1.807) is 34.9 Å². The van der Waals surface area contributed by atoms with Gasteiger partial charge >= 0.3 is 6.09 Å². The molecule has 0 bridgehead atoms. The van der Waals surface area contributed by atoms with E-state index in [2.05, 4.69) is 5.16 Å². The zero-order valence-electron chi connectivity index (χ0n) is 12.2. The number of carbonyl (C=O) groups excluding carboxylic acids is 1. The van der Waals surface area contributed by atoms with Gasteiger partial charge in [-0.2, -0.15) is 0 Å². The van der Waals surface area contributed by atoms with Crippen molar-refractivity contribution in [1.29, 1.82) is 0 Å². The highest BCUT2D eigenvalue weighted by molar-refractivity contribution is 5.84. The minimum Gasteiger partial charge on any atom is -0.442 e. The molecule has 1 amide bonds. The van der Waals surface area contributed by atoms with E-state index in [4.69, 9.17) is 9.57 Å². The van der Waals surface area contributed by atoms with E-state index in [1.165, 1.54) is 12.0 Å². The van der Waals surface area contributed by atoms with Gasteiger partial charge in [0.05, 0.1) is 11.3 Å². The van der Waals surface area contributed by atoms with Crippen molar-refractivity contribution in [3.8, 4) is 0 Å². The highest BCUT2D eigenvalue weighted by Crippen LogP contribution is 2.23. The van der Waals surface area contributed by atoms with Crippen LogP contribution in [0.15, 0.2) is 5.16 Å². The molecule has 0 aromatic heterocycles. The summed E-state index contributed by atoms with van der Waals surface area (Å²) < 4.78 is 5.31. The molecule has 106 valence electrons. The third-order valence-corrected chi connectivity index (χ3v) is 2.64. The van der Waals surface area contributed by atoms with Gasteiger partial charge in [-0.1, -0.05) is 12.1 Å². The van der Waals surface area contributed by atoms with Crippen molar-refractivity contribution in [2.75, 3.05) is 21.2 Å². The van der Waals surface area contributed by atoms with Crippen LogP contribution in [0.2, 0.25) is 0 Å². The van der Waals surface area contributed by atoms with Gasteiger partial charge in [-0.25, -0.2) is 4.79 Å². The molecule has 0 aliphatic carbocycles. The highest BCUT2D eigenvalue weighted by atomic mass is 16.6. The zero-order chi connectivity index (χ0) is 14.5. The Balaban J connectivity index is 5.02. The molecule has 0 unspecified atom stereocenters. The summed E-state index contributed by atoms with van der Waals surface area (Å²) in [6, 6.07) is 0. The van der Waals surface area contributed by atoms with Gasteiger partial charge in [-0.05, 0) is 20.8 Å². The first-order chi connectivity index (χ1) is 8.11. The third kappa shape index (κ3) is 4.91. The maximum atomic E-state index is 11.6. The second-order valence-electron chi connectivity index (χ2n) is 5.06. The minimum absolute atomic E-state index is 0.256. The second-order valence-corrected chi connectivity index (χ2v) is 5.06. The summed E-state index contributed by atoms with van der Waals surface area (Å²) >= 11 is 0. The van der Waals surface area contributed by atoms with E-state index in [1.807, 2.05) is 6.92 Å². The topological polar surface area (TPSA) is 71.4 Å². The predicted molar refractivity (Wildman–Crippen MR) is 69.5 cm³/mol. The van der Waals surface area contributed by atoms with Gasteiger partial charge in [0.2, 0.25) is 0 Å². The molecule has 0 saturated heterocycles. The summed E-state index contributed by atoms with van der Waals surface area (Å²) in [5, 5.41) is 13.9. The van der Waals surface area contributed by atoms with Crippen LogP contribution < -0.4 is 0 Å². The van der Waals surface area contributed by atoms with Crippen LogP contribution in [0, 0.1) is 5.92 Å². The van der Waals surface area contributed by atoms with Crippen molar-refractivity contribution in [2.45, 2.75) is 39.4 Å². The molecule has 6 heteroatoms. The molecule has 0 aliphatic heterocycles. The Hall–Kier alpha value is -1.30. The standard InChI is InChI=1S/C12H24N2O4/c1-8(9(2)13-17-7)10(12(3,4)16)18-11(15)14(5)6/h8,10,16H,1-7H3/t8-,10+/m0/s1. The zero-order valence-corrected chi connectivity index (χ0v) is 12.2. The van der Waals surface area contributed by atoms with Crippen LogP contribution in [0.5, 0.6) is 0 Å². The van der Waals surface area contributed by atoms with Gasteiger partial charge in [0, 0.05) is 20.0 Å². The van der Waals surface area contributed by atoms with Gasteiger partial charge in [-0.3, -0.25) is 0 Å². The number of rotatable bonds is 5. The first-order valence-electron chi connectivity index (χ1n) is 5.79. The van der Waals surface area contributed by atoms with Crippen LogP contribution >= 0.6 is 0 Å². The molecule has 2 atom stereocenters. The lowest BCUT2D eigenvalue weighted by Gasteiger charge is -2.34. The van der Waals surface area contributed by atoms with Gasteiger partial charge in [0.1, 0.15) is 13.2 Å². The summed E-state index contributed by atoms with van der Waals surface area (Å²) in [6.07, 6.45) is -1.20. The van der Waals surface area contributed by atoms with Crippen LogP contribution in [0.1, 0.15) is 27.7 Å². The number of oxime groups is 1. The lowest BCUT2D eigenvalue weighted by molar-refractivity contribution is -0.0736. The molecule has 0 rings (SSSR count). The smallest absolute Gasteiger partial charge is 0.409 e. The van der Waals surface area contributed by atoms with E-state index in [0.717, 1.165) is 0 Å². The third-order valence-electron chi connectivity index (χ3n) is 2.64. The molecular formula is C12H24N2O4. The number of aliphatic hydroxyl groups is 1. The Labute approximate surface area is 109 Å². The summed E-state index contributed by atoms with van der Waals surface area (Å²) in [7, 11) is 4.62. The van der Waals surface area contributed by atoms with E-state index >= 15 is 0 Å². The molecular weight excluding hydrogens is 236 g/mol.